The molecule has 1 heterocycles. The van der Waals surface area contributed by atoms with Crippen molar-refractivity contribution in [1.29, 1.82) is 5.26 Å². The van der Waals surface area contributed by atoms with E-state index in [9.17, 15) is 10.4 Å². The molecule has 0 atom stereocenters. The molecule has 5 nitrogen and oxygen atoms in total. The molecule has 4 rings (SSSR count). The number of benzene rings is 3. The molecule has 0 radical (unpaired) electrons. The number of hydrogen-bond acceptors (Lipinski definition) is 5. The van der Waals surface area contributed by atoms with Crippen molar-refractivity contribution < 1.29 is 9.84 Å². The lowest BCUT2D eigenvalue weighted by atomic mass is 9.94. The number of aliphatic hydroxyl groups excluding tert-OH is 1. The second kappa shape index (κ2) is 9.69. The third kappa shape index (κ3) is 4.52. The van der Waals surface area contributed by atoms with Gasteiger partial charge in [-0.05, 0) is 41.5 Å². The van der Waals surface area contributed by atoms with E-state index in [0.717, 1.165) is 39.2 Å². The normalized spacial score (nSPS) is 12.7. The van der Waals surface area contributed by atoms with E-state index in [1.807, 2.05) is 66.7 Å². The fourth-order valence-electron chi connectivity index (χ4n) is 3.67. The van der Waals surface area contributed by atoms with Gasteiger partial charge in [0, 0.05) is 28.9 Å². The molecule has 0 saturated carbocycles. The van der Waals surface area contributed by atoms with Crippen LogP contribution in [0.1, 0.15) is 33.4 Å². The van der Waals surface area contributed by atoms with E-state index in [-0.39, 0.29) is 6.61 Å². The number of methoxy groups -OCH3 is 1. The van der Waals surface area contributed by atoms with Crippen LogP contribution < -0.4 is 10.1 Å². The molecule has 0 bridgehead atoms. The minimum absolute atomic E-state index is 0.000126. The van der Waals surface area contributed by atoms with Crippen molar-refractivity contribution in [2.24, 2.45) is 4.99 Å². The van der Waals surface area contributed by atoms with E-state index in [4.69, 9.17) is 21.3 Å². The molecule has 6 heteroatoms. The third-order valence-electron chi connectivity index (χ3n) is 5.35. The zero-order chi connectivity index (χ0) is 22.5. The number of hydrogen-bond donors (Lipinski definition) is 2. The van der Waals surface area contributed by atoms with Crippen LogP contribution in [0.15, 0.2) is 71.7 Å². The maximum atomic E-state index is 9.45. The number of aliphatic imine (C=N–C) groups is 1. The van der Waals surface area contributed by atoms with Gasteiger partial charge >= 0.3 is 0 Å². The Kier molecular flexibility index (Phi) is 6.55. The first-order chi connectivity index (χ1) is 15.6. The standard InChI is InChI=1S/C26H22ClN3O2/c1-32-25-9-5-19(13-23(25)27)15-30-24-10-11-29-26(20-6-2-17(16-31)3-7-20)21-8-4-18(14-28)12-22(21)24/h2-10,12-13,30-31H,11,15-16H2,1H3. The van der Waals surface area contributed by atoms with Gasteiger partial charge in [-0.3, -0.25) is 4.99 Å². The molecule has 2 N–H and O–H groups in total. The van der Waals surface area contributed by atoms with Crippen molar-refractivity contribution in [2.75, 3.05) is 13.7 Å². The summed E-state index contributed by atoms with van der Waals surface area (Å²) in [6.45, 7) is 1.06. The van der Waals surface area contributed by atoms with Crippen LogP contribution in [-0.4, -0.2) is 24.5 Å². The molecule has 0 aliphatic carbocycles. The highest BCUT2D eigenvalue weighted by Crippen LogP contribution is 2.28. The molecule has 0 fully saturated rings. The van der Waals surface area contributed by atoms with Gasteiger partial charge in [-0.15, -0.1) is 0 Å². The molecule has 0 aromatic heterocycles. The first-order valence-corrected chi connectivity index (χ1v) is 10.6. The van der Waals surface area contributed by atoms with Crippen molar-refractivity contribution in [3.8, 4) is 11.8 Å². The Morgan fingerprint density at radius 1 is 1.06 bits per heavy atom. The zero-order valence-corrected chi connectivity index (χ0v) is 18.4. The third-order valence-corrected chi connectivity index (χ3v) is 5.64. The number of nitrogens with zero attached hydrogens (tertiary/aromatic N) is 2. The first kappa shape index (κ1) is 21.6. The number of fused-ring (bicyclic) bond motifs is 1. The lowest BCUT2D eigenvalue weighted by Gasteiger charge is -2.16. The summed E-state index contributed by atoms with van der Waals surface area (Å²) >= 11 is 6.27. The highest BCUT2D eigenvalue weighted by atomic mass is 35.5. The van der Waals surface area contributed by atoms with E-state index in [2.05, 4.69) is 11.4 Å². The quantitative estimate of drug-likeness (QED) is 0.579. The summed E-state index contributed by atoms with van der Waals surface area (Å²) in [7, 11) is 1.59. The fourth-order valence-corrected chi connectivity index (χ4v) is 3.95. The van der Waals surface area contributed by atoms with Crippen molar-refractivity contribution in [3.05, 3.63) is 105 Å². The van der Waals surface area contributed by atoms with Crippen LogP contribution in [0.25, 0.3) is 5.70 Å². The summed E-state index contributed by atoms with van der Waals surface area (Å²) in [6.07, 6.45) is 2.03. The molecule has 1 aliphatic heterocycles. The molecule has 32 heavy (non-hydrogen) atoms. The van der Waals surface area contributed by atoms with Crippen molar-refractivity contribution in [2.45, 2.75) is 13.2 Å². The number of rotatable bonds is 6. The second-order valence-electron chi connectivity index (χ2n) is 7.36. The van der Waals surface area contributed by atoms with Gasteiger partial charge in [-0.2, -0.15) is 5.26 Å². The van der Waals surface area contributed by atoms with Crippen LogP contribution in [-0.2, 0) is 13.2 Å². The fraction of sp³-hybridized carbons (Fsp3) is 0.154. The Morgan fingerprint density at radius 3 is 2.53 bits per heavy atom. The van der Waals surface area contributed by atoms with E-state index in [1.165, 1.54) is 0 Å². The van der Waals surface area contributed by atoms with Crippen LogP contribution >= 0.6 is 11.6 Å². The van der Waals surface area contributed by atoms with Gasteiger partial charge in [0.25, 0.3) is 0 Å². The van der Waals surface area contributed by atoms with Crippen molar-refractivity contribution in [1.82, 2.24) is 5.32 Å². The van der Waals surface area contributed by atoms with E-state index >= 15 is 0 Å². The first-order valence-electron chi connectivity index (χ1n) is 10.2. The summed E-state index contributed by atoms with van der Waals surface area (Å²) in [5, 5.41) is 22.8. The Morgan fingerprint density at radius 2 is 1.84 bits per heavy atom. The summed E-state index contributed by atoms with van der Waals surface area (Å²) in [6, 6.07) is 21.3. The lowest BCUT2D eigenvalue weighted by Crippen LogP contribution is -2.15. The average molecular weight is 444 g/mol. The predicted octanol–water partition coefficient (Wildman–Crippen LogP) is 4.69. The summed E-state index contributed by atoms with van der Waals surface area (Å²) < 4.78 is 5.23. The Balaban J connectivity index is 1.66. The number of ether oxygens (including phenoxy) is 1. The smallest absolute Gasteiger partial charge is 0.137 e. The van der Waals surface area contributed by atoms with E-state index in [0.29, 0.717) is 29.4 Å². The molecular formula is C26H22ClN3O2. The van der Waals surface area contributed by atoms with Gasteiger partial charge in [0.2, 0.25) is 0 Å². The number of aliphatic hydroxyl groups is 1. The minimum Gasteiger partial charge on any atom is -0.495 e. The van der Waals surface area contributed by atoms with Crippen LogP contribution in [0.5, 0.6) is 5.75 Å². The van der Waals surface area contributed by atoms with Crippen molar-refractivity contribution >= 4 is 23.0 Å². The largest absolute Gasteiger partial charge is 0.495 e. The van der Waals surface area contributed by atoms with Crippen LogP contribution in [0.4, 0.5) is 0 Å². The number of halogens is 1. The Hall–Kier alpha value is -3.59. The van der Waals surface area contributed by atoms with Gasteiger partial charge in [0.05, 0.1) is 42.6 Å². The van der Waals surface area contributed by atoms with Gasteiger partial charge < -0.3 is 15.2 Å². The Labute approximate surface area is 192 Å². The van der Waals surface area contributed by atoms with E-state index in [1.54, 1.807) is 7.11 Å². The molecular weight excluding hydrogens is 422 g/mol. The van der Waals surface area contributed by atoms with Crippen LogP contribution in [0, 0.1) is 11.3 Å². The SMILES string of the molecule is COc1ccc(CNC2=CCN=C(c3ccc(CO)cc3)c3ccc(C#N)cc32)cc1Cl. The highest BCUT2D eigenvalue weighted by molar-refractivity contribution is 6.32. The molecule has 3 aromatic carbocycles. The predicted molar refractivity (Wildman–Crippen MR) is 127 cm³/mol. The molecule has 0 amide bonds. The molecule has 1 aliphatic rings. The number of nitrogens with one attached hydrogen (secondary N) is 1. The van der Waals surface area contributed by atoms with Gasteiger partial charge in [0.15, 0.2) is 0 Å². The zero-order valence-electron chi connectivity index (χ0n) is 17.6. The summed E-state index contributed by atoms with van der Waals surface area (Å²) in [4.78, 5) is 4.81. The molecule has 3 aromatic rings. The van der Waals surface area contributed by atoms with Gasteiger partial charge in [-0.1, -0.05) is 48.0 Å². The molecule has 0 unspecified atom stereocenters. The molecule has 0 spiro atoms. The Bertz CT molecular complexity index is 1240. The number of nitriles is 1. The summed E-state index contributed by atoms with van der Waals surface area (Å²) in [5.41, 5.74) is 7.05. The van der Waals surface area contributed by atoms with E-state index < -0.39 is 0 Å². The van der Waals surface area contributed by atoms with Crippen molar-refractivity contribution in [3.63, 3.8) is 0 Å². The summed E-state index contributed by atoms with van der Waals surface area (Å²) in [5.74, 6) is 0.637. The maximum Gasteiger partial charge on any atom is 0.137 e. The molecule has 0 saturated heterocycles. The van der Waals surface area contributed by atoms with Gasteiger partial charge in [0.1, 0.15) is 5.75 Å². The average Bonchev–Trinajstić information content (AvgIpc) is 3.01. The van der Waals surface area contributed by atoms with Gasteiger partial charge in [-0.25, -0.2) is 0 Å². The van der Waals surface area contributed by atoms with Crippen LogP contribution in [0.3, 0.4) is 0 Å². The highest BCUT2D eigenvalue weighted by Gasteiger charge is 2.18. The molecule has 160 valence electrons. The van der Waals surface area contributed by atoms with Crippen LogP contribution in [0.2, 0.25) is 5.02 Å². The topological polar surface area (TPSA) is 77.6 Å². The monoisotopic (exact) mass is 443 g/mol. The minimum atomic E-state index is -0.000126. The maximum absolute atomic E-state index is 9.45. The lowest BCUT2D eigenvalue weighted by molar-refractivity contribution is 0.282. The second-order valence-corrected chi connectivity index (χ2v) is 7.76.